The van der Waals surface area contributed by atoms with Gasteiger partial charge in [0.2, 0.25) is 0 Å². The van der Waals surface area contributed by atoms with E-state index in [0.717, 1.165) is 5.92 Å². The molecule has 0 saturated carbocycles. The minimum absolute atomic E-state index is 0.178. The van der Waals surface area contributed by atoms with Crippen LogP contribution in [0.1, 0.15) is 76.5 Å². The van der Waals surface area contributed by atoms with Crippen LogP contribution in [0.5, 0.6) is 0 Å². The molecule has 1 N–H and O–H groups in total. The summed E-state index contributed by atoms with van der Waals surface area (Å²) in [6.45, 7) is 22.1. The Morgan fingerprint density at radius 2 is 1.42 bits per heavy atom. The van der Waals surface area contributed by atoms with Gasteiger partial charge in [0.25, 0.3) is 0 Å². The molecule has 0 aliphatic carbocycles. The zero-order valence-corrected chi connectivity index (χ0v) is 30.5. The Labute approximate surface area is 252 Å². The van der Waals surface area contributed by atoms with Crippen LogP contribution in [-0.4, -0.2) is 43.1 Å². The first kappa shape index (κ1) is 33.3. The number of nitrogens with one attached hydrogen (secondary N) is 1. The summed E-state index contributed by atoms with van der Waals surface area (Å²) in [6, 6.07) is 14.4. The number of benzene rings is 1. The van der Waals surface area contributed by atoms with Crippen molar-refractivity contribution >= 4 is 71.9 Å². The molecule has 4 aromatic heterocycles. The van der Waals surface area contributed by atoms with Crippen molar-refractivity contribution < 1.29 is 0 Å². The molecule has 0 spiro atoms. The molecule has 0 amide bonds. The maximum absolute atomic E-state index is 2.75. The summed E-state index contributed by atoms with van der Waals surface area (Å²) in [4.78, 5) is 5.27. The second kappa shape index (κ2) is 15.2. The van der Waals surface area contributed by atoms with Crippen molar-refractivity contribution in [1.82, 2.24) is 5.32 Å². The third kappa shape index (κ3) is 8.07. The van der Waals surface area contributed by atoms with Gasteiger partial charge in [-0.1, -0.05) is 34.6 Å². The fraction of sp³-hybridized carbons (Fsp3) is 0.455. The molecule has 0 aliphatic heterocycles. The van der Waals surface area contributed by atoms with E-state index in [9.17, 15) is 0 Å². The number of thiophene rings is 2. The summed E-state index contributed by atoms with van der Waals surface area (Å²) in [6.07, 6.45) is 1.17. The van der Waals surface area contributed by atoms with Gasteiger partial charge in [-0.3, -0.25) is 0 Å². The van der Waals surface area contributed by atoms with Crippen LogP contribution in [0.25, 0.3) is 40.2 Å². The molecule has 0 atom stereocenters. The fourth-order valence-corrected chi connectivity index (χ4v) is 10.3. The van der Waals surface area contributed by atoms with Crippen LogP contribution in [0.2, 0.25) is 0 Å². The standard InChI is InChI=1S/C25H24S2Se2.C4H10.C2H7N.C2H6/c1-6-15-9-10-19(29-15)22-17-13-20(25(3,4)5)27-24(17)21(18-8-7-11-28-18)16-12-14(2)26-23(16)22;1-4(2)3;1-3-2;1-2/h7-13H,6H2,1-5H3;4H,1-3H3;3H,1-2H3;1-2H3. The van der Waals surface area contributed by atoms with Gasteiger partial charge in [-0.2, -0.15) is 0 Å². The first-order valence-electron chi connectivity index (χ1n) is 13.7. The summed E-state index contributed by atoms with van der Waals surface area (Å²) in [5.74, 6) is 0.833. The Balaban J connectivity index is 0.000000499. The first-order chi connectivity index (χ1) is 18.0. The number of fused-ring (bicyclic) bond motifs is 2. The molecule has 5 heteroatoms. The van der Waals surface area contributed by atoms with Gasteiger partial charge in [0.15, 0.2) is 0 Å². The van der Waals surface area contributed by atoms with Crippen molar-refractivity contribution in [3.63, 3.8) is 0 Å². The summed E-state index contributed by atoms with van der Waals surface area (Å²) in [5, 5.41) is 5.72. The van der Waals surface area contributed by atoms with E-state index >= 15 is 0 Å². The zero-order valence-electron chi connectivity index (χ0n) is 25.5. The van der Waals surface area contributed by atoms with E-state index in [4.69, 9.17) is 0 Å². The zero-order chi connectivity index (χ0) is 28.6. The predicted molar refractivity (Wildman–Crippen MR) is 182 cm³/mol. The average Bonchev–Trinajstić information content (AvgIpc) is 3.64. The number of rotatable bonds is 3. The Morgan fingerprint density at radius 3 is 1.92 bits per heavy atom. The van der Waals surface area contributed by atoms with Crippen molar-refractivity contribution in [2.45, 2.75) is 81.1 Å². The summed E-state index contributed by atoms with van der Waals surface area (Å²) in [7, 11) is 3.75. The van der Waals surface area contributed by atoms with Crippen LogP contribution in [0.4, 0.5) is 0 Å². The van der Waals surface area contributed by atoms with Crippen LogP contribution < -0.4 is 5.32 Å². The Morgan fingerprint density at radius 1 is 0.868 bits per heavy atom. The third-order valence-electron chi connectivity index (χ3n) is 5.34. The molecule has 208 valence electrons. The van der Waals surface area contributed by atoms with Gasteiger partial charge in [0, 0.05) is 0 Å². The smallest absolute Gasteiger partial charge is 0.0167 e. The number of aryl methyl sites for hydroxylation is 2. The van der Waals surface area contributed by atoms with E-state index in [1.54, 1.807) is 8.87 Å². The molecule has 5 aromatic rings. The van der Waals surface area contributed by atoms with Crippen molar-refractivity contribution in [3.05, 3.63) is 55.5 Å². The Hall–Kier alpha value is -0.901. The number of hydrogen-bond donors (Lipinski definition) is 1. The van der Waals surface area contributed by atoms with Crippen LogP contribution in [0, 0.1) is 12.8 Å². The normalized spacial score (nSPS) is 11.1. The van der Waals surface area contributed by atoms with Gasteiger partial charge in [-0.05, 0) is 20.0 Å². The SMILES string of the molecule is CC.CC(C)C.CCc1ccc(-c2c3cc(C(C)(C)C)sc3c(-c3ccc[se]3)c3cc(C)sc23)[se]1.CNC. The molecule has 38 heavy (non-hydrogen) atoms. The van der Waals surface area contributed by atoms with E-state index < -0.39 is 0 Å². The van der Waals surface area contributed by atoms with E-state index in [1.165, 1.54) is 51.9 Å². The Bertz CT molecular complexity index is 1390. The van der Waals surface area contributed by atoms with E-state index in [0.29, 0.717) is 29.0 Å². The summed E-state index contributed by atoms with van der Waals surface area (Å²) in [5.41, 5.74) is 3.22. The molecular formula is C33H47NS2Se2. The molecule has 0 saturated heterocycles. The molecule has 4 heterocycles. The fourth-order valence-electron chi connectivity index (χ4n) is 3.87. The Kier molecular flexibility index (Phi) is 13.3. The van der Waals surface area contributed by atoms with E-state index in [-0.39, 0.29) is 5.41 Å². The van der Waals surface area contributed by atoms with Crippen LogP contribution in [0.3, 0.4) is 0 Å². The molecule has 1 nitrogen and oxygen atoms in total. The molecular weight excluding hydrogens is 632 g/mol. The molecule has 0 unspecified atom stereocenters. The summed E-state index contributed by atoms with van der Waals surface area (Å²) >= 11 is 4.91. The second-order valence-corrected chi connectivity index (χ2v) is 17.5. The van der Waals surface area contributed by atoms with E-state index in [2.05, 4.69) is 102 Å². The molecule has 0 bridgehead atoms. The largest absolute Gasteiger partial charge is 0.323 e. The average molecular weight is 680 g/mol. The maximum Gasteiger partial charge on any atom is -0.0167 e. The molecule has 0 aliphatic rings. The first-order valence-corrected chi connectivity index (χ1v) is 18.9. The van der Waals surface area contributed by atoms with Crippen molar-refractivity contribution in [1.29, 1.82) is 0 Å². The molecule has 0 radical (unpaired) electrons. The van der Waals surface area contributed by atoms with Gasteiger partial charge in [-0.25, -0.2) is 0 Å². The van der Waals surface area contributed by atoms with Crippen molar-refractivity contribution in [2.24, 2.45) is 5.92 Å². The molecule has 0 fully saturated rings. The van der Waals surface area contributed by atoms with Gasteiger partial charge in [0.05, 0.1) is 0 Å². The van der Waals surface area contributed by atoms with Crippen LogP contribution in [0.15, 0.2) is 41.3 Å². The quantitative estimate of drug-likeness (QED) is 0.187. The second-order valence-electron chi connectivity index (χ2n) is 10.8. The van der Waals surface area contributed by atoms with Crippen LogP contribution in [-0.2, 0) is 11.8 Å². The topological polar surface area (TPSA) is 12.0 Å². The van der Waals surface area contributed by atoms with Crippen molar-refractivity contribution in [2.75, 3.05) is 14.1 Å². The van der Waals surface area contributed by atoms with Gasteiger partial charge < -0.3 is 5.32 Å². The number of hydrogen-bond acceptors (Lipinski definition) is 3. The maximum atomic E-state index is 2.75. The molecule has 1 aromatic carbocycles. The van der Waals surface area contributed by atoms with Gasteiger partial charge in [-0.15, -0.1) is 0 Å². The van der Waals surface area contributed by atoms with Crippen molar-refractivity contribution in [3.8, 4) is 20.0 Å². The minimum atomic E-state index is 0.178. The van der Waals surface area contributed by atoms with Crippen LogP contribution >= 0.6 is 22.7 Å². The minimum Gasteiger partial charge on any atom is -0.323 e. The van der Waals surface area contributed by atoms with Gasteiger partial charge in [0.1, 0.15) is 0 Å². The monoisotopic (exact) mass is 681 g/mol. The van der Waals surface area contributed by atoms with Gasteiger partial charge >= 0.3 is 194 Å². The van der Waals surface area contributed by atoms with E-state index in [1.807, 2.05) is 50.6 Å². The molecule has 5 rings (SSSR count). The third-order valence-corrected chi connectivity index (χ3v) is 12.5. The predicted octanol–water partition coefficient (Wildman–Crippen LogP) is 10.3. The summed E-state index contributed by atoms with van der Waals surface area (Å²) < 4.78 is 7.74.